The molecule has 8 nitrogen and oxygen atoms in total. The van der Waals surface area contributed by atoms with Crippen molar-refractivity contribution in [2.45, 2.75) is 27.2 Å². The summed E-state index contributed by atoms with van der Waals surface area (Å²) >= 11 is 0. The summed E-state index contributed by atoms with van der Waals surface area (Å²) in [5, 5.41) is 13.7. The van der Waals surface area contributed by atoms with E-state index in [2.05, 4.69) is 10.6 Å². The normalized spacial score (nSPS) is 12.0. The maximum atomic E-state index is 14.9. The lowest BCUT2D eigenvalue weighted by Gasteiger charge is -2.33. The average Bonchev–Trinajstić information content (AvgIpc) is 2.85. The van der Waals surface area contributed by atoms with Gasteiger partial charge in [-0.3, -0.25) is 15.0 Å². The lowest BCUT2D eigenvalue weighted by molar-refractivity contribution is 0.102. The highest BCUT2D eigenvalue weighted by molar-refractivity contribution is 6.14. The van der Waals surface area contributed by atoms with Gasteiger partial charge in [-0.2, -0.15) is 0 Å². The molecule has 5 N–H and O–H groups in total. The number of benzene rings is 3. The van der Waals surface area contributed by atoms with Crippen LogP contribution in [0.15, 0.2) is 54.6 Å². The molecule has 0 radical (unpaired) electrons. The first-order valence-electron chi connectivity index (χ1n) is 12.4. The van der Waals surface area contributed by atoms with Gasteiger partial charge in [-0.1, -0.05) is 30.7 Å². The number of likely N-dealkylation sites (tertiary alicyclic amines) is 1. The van der Waals surface area contributed by atoms with Crippen LogP contribution in [0.4, 0.5) is 15.8 Å². The Morgan fingerprint density at radius 1 is 0.974 bits per heavy atom. The van der Waals surface area contributed by atoms with E-state index in [1.807, 2.05) is 37.8 Å². The van der Waals surface area contributed by atoms with Gasteiger partial charge < -0.3 is 26.0 Å². The number of amidine groups is 1. The minimum Gasteiger partial charge on any atom is -0.495 e. The zero-order valence-corrected chi connectivity index (χ0v) is 22.2. The van der Waals surface area contributed by atoms with Crippen molar-refractivity contribution in [2.75, 3.05) is 37.4 Å². The lowest BCUT2D eigenvalue weighted by atomic mass is 10.0. The Morgan fingerprint density at radius 3 is 2.16 bits per heavy atom. The summed E-state index contributed by atoms with van der Waals surface area (Å²) in [5.41, 5.74) is 7.80. The number of rotatable bonds is 6. The Bertz CT molecular complexity index is 1320. The molecule has 0 atom stereocenters. The van der Waals surface area contributed by atoms with E-state index in [0.29, 0.717) is 11.3 Å². The van der Waals surface area contributed by atoms with Crippen LogP contribution in [0.5, 0.6) is 5.75 Å². The van der Waals surface area contributed by atoms with Crippen LogP contribution in [0.2, 0.25) is 0 Å². The van der Waals surface area contributed by atoms with Crippen molar-refractivity contribution in [3.05, 3.63) is 88.2 Å². The molecule has 1 saturated heterocycles. The van der Waals surface area contributed by atoms with E-state index in [1.165, 1.54) is 19.2 Å². The quantitative estimate of drug-likeness (QED) is 0.271. The van der Waals surface area contributed by atoms with E-state index in [1.54, 1.807) is 30.3 Å². The molecule has 9 heteroatoms. The first kappa shape index (κ1) is 28.3. The summed E-state index contributed by atoms with van der Waals surface area (Å²) in [7, 11) is 1.43. The van der Waals surface area contributed by atoms with Gasteiger partial charge in [0.15, 0.2) is 0 Å². The standard InChI is InChI=1S/C27H27FN4O3.C2H7N/c1-16-5-8-19(9-6-16)30-27(34)21-13-17(2)14-23(35-3)24(21)31-26(33)20-10-7-18(15-22(20)28)25(29)32-11-4-12-32;1-2-3/h5-10,13-15,29H,4,11-12H2,1-3H3,(H,30,34)(H,31,33);2-3H2,1H3. The van der Waals surface area contributed by atoms with Gasteiger partial charge in [0.25, 0.3) is 11.8 Å². The maximum Gasteiger partial charge on any atom is 0.258 e. The predicted molar refractivity (Wildman–Crippen MR) is 149 cm³/mol. The van der Waals surface area contributed by atoms with Gasteiger partial charge >= 0.3 is 0 Å². The Hall–Kier alpha value is -4.24. The van der Waals surface area contributed by atoms with Crippen molar-refractivity contribution >= 4 is 29.0 Å². The van der Waals surface area contributed by atoms with Crippen molar-refractivity contribution in [3.63, 3.8) is 0 Å². The van der Waals surface area contributed by atoms with E-state index in [-0.39, 0.29) is 28.4 Å². The van der Waals surface area contributed by atoms with Crippen LogP contribution < -0.4 is 21.1 Å². The van der Waals surface area contributed by atoms with Gasteiger partial charge in [0, 0.05) is 24.3 Å². The van der Waals surface area contributed by atoms with Crippen LogP contribution in [0.25, 0.3) is 0 Å². The Labute approximate surface area is 222 Å². The summed E-state index contributed by atoms with van der Waals surface area (Å²) in [6, 6.07) is 14.7. The van der Waals surface area contributed by atoms with Crippen LogP contribution >= 0.6 is 0 Å². The van der Waals surface area contributed by atoms with Gasteiger partial charge in [0.1, 0.15) is 17.4 Å². The molecule has 0 aromatic heterocycles. The summed E-state index contributed by atoms with van der Waals surface area (Å²) in [4.78, 5) is 28.0. The van der Waals surface area contributed by atoms with E-state index in [4.69, 9.17) is 15.9 Å². The van der Waals surface area contributed by atoms with Crippen LogP contribution in [0.1, 0.15) is 50.8 Å². The van der Waals surface area contributed by atoms with Crippen molar-refractivity contribution in [1.82, 2.24) is 4.90 Å². The number of carbonyl (C=O) groups is 2. The van der Waals surface area contributed by atoms with Crippen molar-refractivity contribution < 1.29 is 18.7 Å². The molecule has 0 unspecified atom stereocenters. The number of aryl methyl sites for hydroxylation is 2. The zero-order chi connectivity index (χ0) is 27.8. The lowest BCUT2D eigenvalue weighted by Crippen LogP contribution is -2.42. The molecule has 38 heavy (non-hydrogen) atoms. The van der Waals surface area contributed by atoms with Gasteiger partial charge in [-0.25, -0.2) is 4.39 Å². The molecule has 0 bridgehead atoms. The third-order valence-electron chi connectivity index (χ3n) is 5.92. The van der Waals surface area contributed by atoms with Crippen molar-refractivity contribution in [3.8, 4) is 5.75 Å². The van der Waals surface area contributed by atoms with Crippen LogP contribution in [0, 0.1) is 25.1 Å². The number of anilines is 2. The minimum absolute atomic E-state index is 0.143. The second-order valence-corrected chi connectivity index (χ2v) is 8.96. The fourth-order valence-electron chi connectivity index (χ4n) is 3.81. The Morgan fingerprint density at radius 2 is 1.61 bits per heavy atom. The van der Waals surface area contributed by atoms with E-state index < -0.39 is 17.6 Å². The Kier molecular flexibility index (Phi) is 9.56. The molecule has 0 spiro atoms. The number of methoxy groups -OCH3 is 1. The highest BCUT2D eigenvalue weighted by atomic mass is 19.1. The van der Waals surface area contributed by atoms with Crippen LogP contribution in [-0.2, 0) is 0 Å². The molecular formula is C29H34FN5O3. The second kappa shape index (κ2) is 12.8. The fraction of sp³-hybridized carbons (Fsp3) is 0.276. The first-order valence-corrected chi connectivity index (χ1v) is 12.4. The first-order chi connectivity index (χ1) is 18.2. The minimum atomic E-state index is -0.748. The predicted octanol–water partition coefficient (Wildman–Crippen LogP) is 4.95. The number of amides is 2. The summed E-state index contributed by atoms with van der Waals surface area (Å²) in [5.74, 6) is -1.40. The van der Waals surface area contributed by atoms with Gasteiger partial charge in [-0.05, 0) is 68.8 Å². The van der Waals surface area contributed by atoms with Gasteiger partial charge in [0.2, 0.25) is 0 Å². The Balaban J connectivity index is 0.00000127. The summed E-state index contributed by atoms with van der Waals surface area (Å²) < 4.78 is 20.3. The molecule has 200 valence electrons. The highest BCUT2D eigenvalue weighted by Crippen LogP contribution is 2.32. The molecule has 3 aromatic rings. The van der Waals surface area contributed by atoms with Gasteiger partial charge in [-0.15, -0.1) is 0 Å². The topological polar surface area (TPSA) is 121 Å². The zero-order valence-electron chi connectivity index (χ0n) is 22.2. The number of halogens is 1. The third kappa shape index (κ3) is 6.74. The van der Waals surface area contributed by atoms with Crippen molar-refractivity contribution in [1.29, 1.82) is 5.41 Å². The van der Waals surface area contributed by atoms with Crippen molar-refractivity contribution in [2.24, 2.45) is 5.73 Å². The SMILES string of the molecule is CCN.COc1cc(C)cc(C(=O)Nc2ccc(C)cc2)c1NC(=O)c1ccc(C(=N)N2CCC2)cc1F. The average molecular weight is 520 g/mol. The van der Waals surface area contributed by atoms with Gasteiger partial charge in [0.05, 0.1) is 23.9 Å². The number of hydrogen-bond donors (Lipinski definition) is 4. The number of ether oxygens (including phenoxy) is 1. The number of nitrogens with zero attached hydrogens (tertiary/aromatic N) is 1. The molecule has 0 aliphatic carbocycles. The molecule has 1 heterocycles. The number of nitrogens with two attached hydrogens (primary N) is 1. The molecular weight excluding hydrogens is 485 g/mol. The molecule has 1 aliphatic heterocycles. The molecule has 1 fully saturated rings. The second-order valence-electron chi connectivity index (χ2n) is 8.96. The molecule has 1 aliphatic rings. The largest absolute Gasteiger partial charge is 0.495 e. The number of nitrogens with one attached hydrogen (secondary N) is 3. The number of hydrogen-bond acceptors (Lipinski definition) is 5. The highest BCUT2D eigenvalue weighted by Gasteiger charge is 2.23. The fourth-order valence-corrected chi connectivity index (χ4v) is 3.81. The van der Waals surface area contributed by atoms with E-state index >= 15 is 0 Å². The monoisotopic (exact) mass is 519 g/mol. The molecule has 3 aromatic carbocycles. The maximum absolute atomic E-state index is 14.9. The summed E-state index contributed by atoms with van der Waals surface area (Å²) in [6.07, 6.45) is 1.00. The van der Waals surface area contributed by atoms with E-state index in [0.717, 1.165) is 37.2 Å². The van der Waals surface area contributed by atoms with E-state index in [9.17, 15) is 14.0 Å². The molecule has 4 rings (SSSR count). The summed E-state index contributed by atoms with van der Waals surface area (Å²) in [6.45, 7) is 7.94. The smallest absolute Gasteiger partial charge is 0.258 e. The molecule has 0 saturated carbocycles. The number of carbonyl (C=O) groups excluding carboxylic acids is 2. The third-order valence-corrected chi connectivity index (χ3v) is 5.92. The molecule has 2 amide bonds. The van der Waals surface area contributed by atoms with Crippen LogP contribution in [0.3, 0.4) is 0 Å². The van der Waals surface area contributed by atoms with Crippen LogP contribution in [-0.4, -0.2) is 49.3 Å².